The number of nitrogens with zero attached hydrogens (tertiary/aromatic N) is 3. The molecule has 0 aliphatic rings. The molecule has 0 unspecified atom stereocenters. The molecule has 0 radical (unpaired) electrons. The molecule has 1 amide bonds. The lowest BCUT2D eigenvalue weighted by Crippen LogP contribution is -2.15. The molecule has 0 aliphatic heterocycles. The number of benzene rings is 2. The highest BCUT2D eigenvalue weighted by Crippen LogP contribution is 2.25. The van der Waals surface area contributed by atoms with Gasteiger partial charge < -0.3 is 9.88 Å². The van der Waals surface area contributed by atoms with Gasteiger partial charge in [-0.1, -0.05) is 35.5 Å². The molecular weight excluding hydrogens is 382 g/mol. The fourth-order valence-electron chi connectivity index (χ4n) is 2.23. The quantitative estimate of drug-likeness (QED) is 0.660. The molecule has 1 heterocycles. The van der Waals surface area contributed by atoms with Crippen molar-refractivity contribution in [2.24, 2.45) is 7.05 Å². The van der Waals surface area contributed by atoms with E-state index in [1.165, 1.54) is 6.07 Å². The average Bonchev–Trinajstić information content (AvgIpc) is 2.96. The van der Waals surface area contributed by atoms with Crippen molar-refractivity contribution in [1.29, 1.82) is 0 Å². The summed E-state index contributed by atoms with van der Waals surface area (Å²) in [5.41, 5.74) is 0.728. The van der Waals surface area contributed by atoms with Gasteiger partial charge >= 0.3 is 0 Å². The standard InChI is InChI=1S/C17H13ClF2N4OS/c1-24-16(10-3-2-4-11(18)7-10)22-23-17(24)26-9-15(25)21-14-6-5-12(19)8-13(14)20/h2-8H,9H2,1H3,(H,21,25). The van der Waals surface area contributed by atoms with E-state index in [1.54, 1.807) is 23.7 Å². The first-order chi connectivity index (χ1) is 12.4. The minimum Gasteiger partial charge on any atom is -0.323 e. The molecule has 5 nitrogen and oxygen atoms in total. The smallest absolute Gasteiger partial charge is 0.234 e. The fraction of sp³-hybridized carbons (Fsp3) is 0.118. The Morgan fingerprint density at radius 3 is 2.77 bits per heavy atom. The number of anilines is 1. The van der Waals surface area contributed by atoms with Crippen LogP contribution < -0.4 is 5.32 Å². The SMILES string of the molecule is Cn1c(SCC(=O)Nc2ccc(F)cc2F)nnc1-c1cccc(Cl)c1. The van der Waals surface area contributed by atoms with Gasteiger partial charge in [0.2, 0.25) is 5.91 Å². The minimum absolute atomic E-state index is 0.00165. The highest BCUT2D eigenvalue weighted by Gasteiger charge is 2.14. The number of aromatic nitrogens is 3. The zero-order chi connectivity index (χ0) is 18.7. The van der Waals surface area contributed by atoms with E-state index < -0.39 is 17.5 Å². The van der Waals surface area contributed by atoms with Crippen LogP contribution in [0.15, 0.2) is 47.6 Å². The molecule has 3 aromatic rings. The summed E-state index contributed by atoms with van der Waals surface area (Å²) in [5.74, 6) is -1.36. The lowest BCUT2D eigenvalue weighted by atomic mass is 10.2. The van der Waals surface area contributed by atoms with Crippen LogP contribution in [-0.4, -0.2) is 26.4 Å². The lowest BCUT2D eigenvalue weighted by Gasteiger charge is -2.07. The number of carbonyl (C=O) groups is 1. The highest BCUT2D eigenvalue weighted by molar-refractivity contribution is 7.99. The van der Waals surface area contributed by atoms with E-state index in [2.05, 4.69) is 15.5 Å². The monoisotopic (exact) mass is 394 g/mol. The van der Waals surface area contributed by atoms with Crippen LogP contribution in [0, 0.1) is 11.6 Å². The van der Waals surface area contributed by atoms with Crippen LogP contribution >= 0.6 is 23.4 Å². The van der Waals surface area contributed by atoms with E-state index in [1.807, 2.05) is 12.1 Å². The van der Waals surface area contributed by atoms with Crippen LogP contribution in [0.1, 0.15) is 0 Å². The van der Waals surface area contributed by atoms with Crippen molar-refractivity contribution < 1.29 is 13.6 Å². The van der Waals surface area contributed by atoms with Crippen LogP contribution in [0.5, 0.6) is 0 Å². The van der Waals surface area contributed by atoms with Gasteiger partial charge in [-0.2, -0.15) is 0 Å². The summed E-state index contributed by atoms with van der Waals surface area (Å²) in [6.45, 7) is 0. The molecule has 134 valence electrons. The van der Waals surface area contributed by atoms with E-state index in [-0.39, 0.29) is 11.4 Å². The Labute approximate surface area is 157 Å². The normalized spacial score (nSPS) is 10.8. The second-order valence-electron chi connectivity index (χ2n) is 5.34. The second-order valence-corrected chi connectivity index (χ2v) is 6.72. The van der Waals surface area contributed by atoms with E-state index in [9.17, 15) is 13.6 Å². The van der Waals surface area contributed by atoms with Crippen molar-refractivity contribution in [2.45, 2.75) is 5.16 Å². The topological polar surface area (TPSA) is 59.8 Å². The number of nitrogens with one attached hydrogen (secondary N) is 1. The maximum atomic E-state index is 13.6. The Morgan fingerprint density at radius 1 is 1.23 bits per heavy atom. The molecule has 0 aliphatic carbocycles. The van der Waals surface area contributed by atoms with Crippen molar-refractivity contribution in [3.05, 3.63) is 59.1 Å². The average molecular weight is 395 g/mol. The zero-order valence-corrected chi connectivity index (χ0v) is 15.1. The predicted molar refractivity (Wildman–Crippen MR) is 97.2 cm³/mol. The number of amides is 1. The van der Waals surface area contributed by atoms with Gasteiger partial charge in [-0.25, -0.2) is 8.78 Å². The van der Waals surface area contributed by atoms with Crippen LogP contribution in [0.4, 0.5) is 14.5 Å². The van der Waals surface area contributed by atoms with Gasteiger partial charge in [0, 0.05) is 23.7 Å². The first-order valence-electron chi connectivity index (χ1n) is 7.47. The number of rotatable bonds is 5. The minimum atomic E-state index is -0.828. The second kappa shape index (κ2) is 7.84. The molecule has 1 N–H and O–H groups in total. The molecular formula is C17H13ClF2N4OS. The predicted octanol–water partition coefficient (Wildman–Crippen LogP) is 4.14. The number of halogens is 3. The molecule has 1 aromatic heterocycles. The van der Waals surface area contributed by atoms with Crippen molar-refractivity contribution in [1.82, 2.24) is 14.8 Å². The summed E-state index contributed by atoms with van der Waals surface area (Å²) in [4.78, 5) is 12.0. The van der Waals surface area contributed by atoms with Gasteiger partial charge in [-0.15, -0.1) is 10.2 Å². The maximum absolute atomic E-state index is 13.6. The number of carbonyl (C=O) groups excluding carboxylic acids is 1. The summed E-state index contributed by atoms with van der Waals surface area (Å²) in [6, 6.07) is 10.2. The third-order valence-electron chi connectivity index (χ3n) is 3.46. The van der Waals surface area contributed by atoms with E-state index in [0.717, 1.165) is 23.4 Å². The van der Waals surface area contributed by atoms with Crippen molar-refractivity contribution in [3.8, 4) is 11.4 Å². The van der Waals surface area contributed by atoms with Crippen molar-refractivity contribution in [2.75, 3.05) is 11.1 Å². The Bertz CT molecular complexity index is 964. The molecule has 0 spiro atoms. The molecule has 0 atom stereocenters. The van der Waals surface area contributed by atoms with E-state index >= 15 is 0 Å². The van der Waals surface area contributed by atoms with E-state index in [0.29, 0.717) is 22.1 Å². The highest BCUT2D eigenvalue weighted by atomic mass is 35.5. The summed E-state index contributed by atoms with van der Waals surface area (Å²) in [6.07, 6.45) is 0. The van der Waals surface area contributed by atoms with Crippen LogP contribution in [0.2, 0.25) is 5.02 Å². The Morgan fingerprint density at radius 2 is 2.04 bits per heavy atom. The van der Waals surface area contributed by atoms with Crippen LogP contribution in [-0.2, 0) is 11.8 Å². The first kappa shape index (κ1) is 18.3. The Kier molecular flexibility index (Phi) is 5.53. The summed E-state index contributed by atoms with van der Waals surface area (Å²) < 4.78 is 28.2. The molecule has 3 rings (SSSR count). The molecule has 26 heavy (non-hydrogen) atoms. The Balaban J connectivity index is 1.66. The molecule has 0 bridgehead atoms. The fourth-order valence-corrected chi connectivity index (χ4v) is 3.13. The van der Waals surface area contributed by atoms with Gasteiger partial charge in [-0.3, -0.25) is 4.79 Å². The lowest BCUT2D eigenvalue weighted by molar-refractivity contribution is -0.113. The third-order valence-corrected chi connectivity index (χ3v) is 4.71. The van der Waals surface area contributed by atoms with Crippen molar-refractivity contribution in [3.63, 3.8) is 0 Å². The maximum Gasteiger partial charge on any atom is 0.234 e. The summed E-state index contributed by atoms with van der Waals surface area (Å²) in [5, 5.41) is 11.7. The van der Waals surface area contributed by atoms with E-state index in [4.69, 9.17) is 11.6 Å². The first-order valence-corrected chi connectivity index (χ1v) is 8.83. The van der Waals surface area contributed by atoms with Crippen molar-refractivity contribution >= 4 is 35.0 Å². The molecule has 9 heteroatoms. The largest absolute Gasteiger partial charge is 0.323 e. The van der Waals surface area contributed by atoms with Gasteiger partial charge in [0.15, 0.2) is 11.0 Å². The third kappa shape index (κ3) is 4.20. The summed E-state index contributed by atoms with van der Waals surface area (Å²) in [7, 11) is 1.77. The van der Waals surface area contributed by atoms with Gasteiger partial charge in [-0.05, 0) is 24.3 Å². The molecule has 0 fully saturated rings. The molecule has 0 saturated carbocycles. The molecule has 2 aromatic carbocycles. The number of hydrogen-bond acceptors (Lipinski definition) is 4. The van der Waals surface area contributed by atoms with Gasteiger partial charge in [0.25, 0.3) is 0 Å². The zero-order valence-electron chi connectivity index (χ0n) is 13.5. The van der Waals surface area contributed by atoms with Crippen LogP contribution in [0.3, 0.4) is 0 Å². The van der Waals surface area contributed by atoms with Gasteiger partial charge in [0.1, 0.15) is 11.6 Å². The number of thioether (sulfide) groups is 1. The van der Waals surface area contributed by atoms with Gasteiger partial charge in [0.05, 0.1) is 11.4 Å². The number of hydrogen-bond donors (Lipinski definition) is 1. The Hall–Kier alpha value is -2.45. The summed E-state index contributed by atoms with van der Waals surface area (Å²) >= 11 is 7.14. The van der Waals surface area contributed by atoms with Crippen LogP contribution in [0.25, 0.3) is 11.4 Å². The molecule has 0 saturated heterocycles.